The second-order valence-corrected chi connectivity index (χ2v) is 7.18. The molecule has 1 fully saturated rings. The maximum absolute atomic E-state index is 12.0. The summed E-state index contributed by atoms with van der Waals surface area (Å²) >= 11 is 0. The highest BCUT2D eigenvalue weighted by molar-refractivity contribution is 5.68. The average molecular weight is 322 g/mol. The molecule has 0 radical (unpaired) electrons. The fourth-order valence-corrected chi connectivity index (χ4v) is 2.85. The van der Waals surface area contributed by atoms with Gasteiger partial charge >= 0.3 is 6.09 Å². The molecular weight excluding hydrogens is 292 g/mol. The van der Waals surface area contributed by atoms with Gasteiger partial charge < -0.3 is 15.0 Å². The van der Waals surface area contributed by atoms with E-state index in [2.05, 4.69) is 23.4 Å². The van der Waals surface area contributed by atoms with Gasteiger partial charge in [-0.05, 0) is 59.1 Å². The van der Waals surface area contributed by atoms with E-state index in [9.17, 15) is 4.79 Å². The van der Waals surface area contributed by atoms with Crippen molar-refractivity contribution in [1.29, 1.82) is 0 Å². The summed E-state index contributed by atoms with van der Waals surface area (Å²) in [5.41, 5.74) is 0.802. The largest absolute Gasteiger partial charge is 0.444 e. The Morgan fingerprint density at radius 2 is 2.09 bits per heavy atom. The standard InChI is InChI=1S/C17H30N4O2/c1-5-21-15(6-9-19-21)13-18-12-14-7-10-20(11-8-14)16(22)23-17(2,3)4/h6,9,14,18H,5,7-8,10-13H2,1-4H3. The van der Waals surface area contributed by atoms with Crippen molar-refractivity contribution in [2.24, 2.45) is 5.92 Å². The Balaban J connectivity index is 1.68. The van der Waals surface area contributed by atoms with E-state index in [1.54, 1.807) is 0 Å². The number of amides is 1. The van der Waals surface area contributed by atoms with Crippen LogP contribution in [0.4, 0.5) is 4.79 Å². The van der Waals surface area contributed by atoms with Gasteiger partial charge in [-0.25, -0.2) is 4.79 Å². The molecule has 0 aromatic carbocycles. The van der Waals surface area contributed by atoms with Crippen LogP contribution in [0.1, 0.15) is 46.2 Å². The van der Waals surface area contributed by atoms with Crippen LogP contribution in [-0.2, 0) is 17.8 Å². The minimum absolute atomic E-state index is 0.184. The molecule has 0 unspecified atom stereocenters. The summed E-state index contributed by atoms with van der Waals surface area (Å²) in [7, 11) is 0. The number of carbonyl (C=O) groups excluding carboxylic acids is 1. The molecular formula is C17H30N4O2. The molecule has 1 N–H and O–H groups in total. The summed E-state index contributed by atoms with van der Waals surface area (Å²) in [5.74, 6) is 0.617. The fraction of sp³-hybridized carbons (Fsp3) is 0.765. The van der Waals surface area contributed by atoms with Crippen molar-refractivity contribution < 1.29 is 9.53 Å². The van der Waals surface area contributed by atoms with E-state index in [-0.39, 0.29) is 6.09 Å². The third-order valence-corrected chi connectivity index (χ3v) is 4.11. The number of nitrogens with one attached hydrogen (secondary N) is 1. The Hall–Kier alpha value is -1.56. The minimum Gasteiger partial charge on any atom is -0.444 e. The molecule has 130 valence electrons. The molecule has 1 aliphatic heterocycles. The normalized spacial score (nSPS) is 16.6. The van der Waals surface area contributed by atoms with Crippen molar-refractivity contribution in [3.63, 3.8) is 0 Å². The lowest BCUT2D eigenvalue weighted by atomic mass is 9.97. The summed E-state index contributed by atoms with van der Waals surface area (Å²) < 4.78 is 7.44. The Kier molecular flexibility index (Phi) is 6.04. The predicted molar refractivity (Wildman–Crippen MR) is 90.1 cm³/mol. The number of likely N-dealkylation sites (tertiary alicyclic amines) is 1. The first-order valence-electron chi connectivity index (χ1n) is 8.58. The molecule has 6 nitrogen and oxygen atoms in total. The van der Waals surface area contributed by atoms with Crippen LogP contribution in [0.2, 0.25) is 0 Å². The van der Waals surface area contributed by atoms with E-state index in [1.807, 2.05) is 36.5 Å². The highest BCUT2D eigenvalue weighted by Gasteiger charge is 2.26. The third kappa shape index (κ3) is 5.53. The van der Waals surface area contributed by atoms with Crippen LogP contribution < -0.4 is 5.32 Å². The number of hydrogen-bond donors (Lipinski definition) is 1. The predicted octanol–water partition coefficient (Wildman–Crippen LogP) is 2.64. The van der Waals surface area contributed by atoms with Crippen molar-refractivity contribution in [2.45, 2.75) is 59.2 Å². The fourth-order valence-electron chi connectivity index (χ4n) is 2.85. The maximum atomic E-state index is 12.0. The van der Waals surface area contributed by atoms with E-state index < -0.39 is 5.60 Å². The second-order valence-electron chi connectivity index (χ2n) is 7.18. The van der Waals surface area contributed by atoms with E-state index in [0.29, 0.717) is 5.92 Å². The lowest BCUT2D eigenvalue weighted by molar-refractivity contribution is 0.0184. The van der Waals surface area contributed by atoms with Gasteiger partial charge in [0.1, 0.15) is 5.60 Å². The minimum atomic E-state index is -0.419. The van der Waals surface area contributed by atoms with Gasteiger partial charge in [0.2, 0.25) is 0 Å². The summed E-state index contributed by atoms with van der Waals surface area (Å²) in [4.78, 5) is 13.9. The van der Waals surface area contributed by atoms with Gasteiger partial charge in [0.15, 0.2) is 0 Å². The van der Waals surface area contributed by atoms with Gasteiger partial charge in [-0.1, -0.05) is 0 Å². The number of ether oxygens (including phenoxy) is 1. The molecule has 0 spiro atoms. The van der Waals surface area contributed by atoms with Crippen molar-refractivity contribution >= 4 is 6.09 Å². The van der Waals surface area contributed by atoms with E-state index in [0.717, 1.165) is 45.6 Å². The number of carbonyl (C=O) groups is 1. The zero-order valence-corrected chi connectivity index (χ0v) is 14.8. The van der Waals surface area contributed by atoms with Gasteiger partial charge in [-0.15, -0.1) is 0 Å². The molecule has 1 aromatic rings. The smallest absolute Gasteiger partial charge is 0.410 e. The molecule has 0 saturated carbocycles. The van der Waals surface area contributed by atoms with Crippen LogP contribution >= 0.6 is 0 Å². The molecule has 1 aliphatic rings. The van der Waals surface area contributed by atoms with Crippen LogP contribution in [-0.4, -0.2) is 46.0 Å². The lowest BCUT2D eigenvalue weighted by Crippen LogP contribution is -2.43. The Morgan fingerprint density at radius 1 is 1.39 bits per heavy atom. The molecule has 1 aromatic heterocycles. The van der Waals surface area contributed by atoms with Gasteiger partial charge in [0.05, 0.1) is 5.69 Å². The van der Waals surface area contributed by atoms with Crippen molar-refractivity contribution in [1.82, 2.24) is 20.0 Å². The molecule has 23 heavy (non-hydrogen) atoms. The van der Waals surface area contributed by atoms with Gasteiger partial charge in [0, 0.05) is 32.4 Å². The number of piperidine rings is 1. The first kappa shape index (κ1) is 17.8. The topological polar surface area (TPSA) is 59.4 Å². The van der Waals surface area contributed by atoms with Crippen molar-refractivity contribution in [3.05, 3.63) is 18.0 Å². The van der Waals surface area contributed by atoms with Gasteiger partial charge in [-0.2, -0.15) is 5.10 Å². The zero-order chi connectivity index (χ0) is 16.9. The number of rotatable bonds is 5. The monoisotopic (exact) mass is 322 g/mol. The molecule has 6 heteroatoms. The SMILES string of the molecule is CCn1nccc1CNCC1CCN(C(=O)OC(C)(C)C)CC1. The maximum Gasteiger partial charge on any atom is 0.410 e. The van der Waals surface area contributed by atoms with Gasteiger partial charge in [-0.3, -0.25) is 4.68 Å². The van der Waals surface area contributed by atoms with E-state index in [1.165, 1.54) is 5.69 Å². The summed E-state index contributed by atoms with van der Waals surface area (Å²) in [5, 5.41) is 7.80. The van der Waals surface area contributed by atoms with Crippen LogP contribution in [0, 0.1) is 5.92 Å². The molecule has 1 amide bonds. The first-order valence-corrected chi connectivity index (χ1v) is 8.58. The molecule has 0 aliphatic carbocycles. The zero-order valence-electron chi connectivity index (χ0n) is 14.8. The van der Waals surface area contributed by atoms with Gasteiger partial charge in [0.25, 0.3) is 0 Å². The molecule has 0 bridgehead atoms. The molecule has 2 rings (SSSR count). The second kappa shape index (κ2) is 7.81. The van der Waals surface area contributed by atoms with Crippen molar-refractivity contribution in [3.8, 4) is 0 Å². The van der Waals surface area contributed by atoms with E-state index in [4.69, 9.17) is 4.74 Å². The quantitative estimate of drug-likeness (QED) is 0.905. The first-order chi connectivity index (χ1) is 10.9. The highest BCUT2D eigenvalue weighted by Crippen LogP contribution is 2.19. The summed E-state index contributed by atoms with van der Waals surface area (Å²) in [6.45, 7) is 12.1. The lowest BCUT2D eigenvalue weighted by Gasteiger charge is -2.33. The number of aryl methyl sites for hydroxylation is 1. The highest BCUT2D eigenvalue weighted by atomic mass is 16.6. The molecule has 0 atom stereocenters. The number of nitrogens with zero attached hydrogens (tertiary/aromatic N) is 3. The Morgan fingerprint density at radius 3 is 2.70 bits per heavy atom. The van der Waals surface area contributed by atoms with Crippen LogP contribution in [0.15, 0.2) is 12.3 Å². The van der Waals surface area contributed by atoms with Crippen molar-refractivity contribution in [2.75, 3.05) is 19.6 Å². The van der Waals surface area contributed by atoms with Crippen LogP contribution in [0.25, 0.3) is 0 Å². The third-order valence-electron chi connectivity index (χ3n) is 4.11. The van der Waals surface area contributed by atoms with Crippen LogP contribution in [0.3, 0.4) is 0 Å². The number of aromatic nitrogens is 2. The molecule has 1 saturated heterocycles. The molecule has 2 heterocycles. The van der Waals surface area contributed by atoms with Crippen LogP contribution in [0.5, 0.6) is 0 Å². The average Bonchev–Trinajstić information content (AvgIpc) is 2.93. The summed E-state index contributed by atoms with van der Waals surface area (Å²) in [6.07, 6.45) is 3.72. The Bertz CT molecular complexity index is 499. The summed E-state index contributed by atoms with van der Waals surface area (Å²) in [6, 6.07) is 2.06. The van der Waals surface area contributed by atoms with E-state index >= 15 is 0 Å². The Labute approximate surface area is 139 Å². The number of hydrogen-bond acceptors (Lipinski definition) is 4.